The van der Waals surface area contributed by atoms with Crippen molar-refractivity contribution in [2.75, 3.05) is 34.5 Å². The average Bonchev–Trinajstić information content (AvgIpc) is 2.75. The van der Waals surface area contributed by atoms with Crippen LogP contribution in [0.4, 0.5) is 0 Å². The van der Waals surface area contributed by atoms with Crippen molar-refractivity contribution in [1.82, 2.24) is 5.32 Å². The summed E-state index contributed by atoms with van der Waals surface area (Å²) in [5.41, 5.74) is 1.84. The van der Waals surface area contributed by atoms with Crippen molar-refractivity contribution in [2.45, 2.75) is 19.4 Å². The molecule has 0 aliphatic carbocycles. The Morgan fingerprint density at radius 3 is 2.43 bits per heavy atom. The Balaban J connectivity index is 1.57. The molecule has 0 spiro atoms. The fourth-order valence-corrected chi connectivity index (χ4v) is 3.09. The number of rotatable bonds is 8. The summed E-state index contributed by atoms with van der Waals surface area (Å²) in [6.45, 7) is 1.45. The van der Waals surface area contributed by atoms with E-state index in [1.165, 1.54) is 0 Å². The van der Waals surface area contributed by atoms with E-state index in [2.05, 4.69) is 5.32 Å². The maximum Gasteiger partial charge on any atom is 0.220 e. The molecule has 0 atom stereocenters. The smallest absolute Gasteiger partial charge is 0.220 e. The second-order valence-electron chi connectivity index (χ2n) is 6.25. The lowest BCUT2D eigenvalue weighted by atomic mass is 10.1. The molecule has 1 N–H and O–H groups in total. The summed E-state index contributed by atoms with van der Waals surface area (Å²) in [7, 11) is 4.68. The van der Waals surface area contributed by atoms with Crippen LogP contribution in [0.2, 0.25) is 0 Å². The van der Waals surface area contributed by atoms with Gasteiger partial charge in [-0.05, 0) is 36.2 Å². The Morgan fingerprint density at radius 2 is 1.71 bits per heavy atom. The third-order valence-corrected chi connectivity index (χ3v) is 4.51. The molecule has 0 radical (unpaired) electrons. The maximum atomic E-state index is 12.3. The van der Waals surface area contributed by atoms with Crippen molar-refractivity contribution >= 4 is 5.91 Å². The van der Waals surface area contributed by atoms with E-state index in [0.29, 0.717) is 49.8 Å². The molecule has 0 fully saturated rings. The maximum absolute atomic E-state index is 12.3. The van der Waals surface area contributed by atoms with Crippen LogP contribution in [0.5, 0.6) is 28.7 Å². The summed E-state index contributed by atoms with van der Waals surface area (Å²) in [4.78, 5) is 12.3. The van der Waals surface area contributed by atoms with Crippen molar-refractivity contribution in [3.8, 4) is 28.7 Å². The minimum Gasteiger partial charge on any atom is -0.493 e. The molecule has 0 bridgehead atoms. The molecule has 1 aliphatic heterocycles. The van der Waals surface area contributed by atoms with Crippen LogP contribution < -0.4 is 29.0 Å². The molecule has 2 aromatic rings. The van der Waals surface area contributed by atoms with E-state index in [-0.39, 0.29) is 5.91 Å². The van der Waals surface area contributed by atoms with Crippen LogP contribution in [0.3, 0.4) is 0 Å². The standard InChI is InChI=1S/C21H25NO6/c1-24-17-8-6-15(20(25-2)21(17)26-3)13-22-19(23)9-5-14-4-7-16-18(12-14)28-11-10-27-16/h4,6-8,12H,5,9-11,13H2,1-3H3,(H,22,23). The molecule has 3 rings (SSSR count). The van der Waals surface area contributed by atoms with Crippen LogP contribution in [0.25, 0.3) is 0 Å². The lowest BCUT2D eigenvalue weighted by molar-refractivity contribution is -0.121. The van der Waals surface area contributed by atoms with Gasteiger partial charge < -0.3 is 29.0 Å². The van der Waals surface area contributed by atoms with E-state index < -0.39 is 0 Å². The van der Waals surface area contributed by atoms with Gasteiger partial charge in [0.15, 0.2) is 23.0 Å². The molecule has 0 saturated heterocycles. The van der Waals surface area contributed by atoms with Crippen molar-refractivity contribution in [2.24, 2.45) is 0 Å². The van der Waals surface area contributed by atoms with Gasteiger partial charge in [0.1, 0.15) is 13.2 Å². The number of fused-ring (bicyclic) bond motifs is 1. The summed E-state index contributed by atoms with van der Waals surface area (Å²) in [5, 5.41) is 2.92. The number of nitrogens with one attached hydrogen (secondary N) is 1. The zero-order valence-electron chi connectivity index (χ0n) is 16.4. The van der Waals surface area contributed by atoms with Gasteiger partial charge in [-0.15, -0.1) is 0 Å². The number of methoxy groups -OCH3 is 3. The minimum absolute atomic E-state index is 0.0493. The second-order valence-corrected chi connectivity index (χ2v) is 6.25. The van der Waals surface area contributed by atoms with E-state index in [1.807, 2.05) is 24.3 Å². The Bertz CT molecular complexity index is 836. The van der Waals surface area contributed by atoms with Gasteiger partial charge in [-0.2, -0.15) is 0 Å². The van der Waals surface area contributed by atoms with Crippen LogP contribution in [-0.2, 0) is 17.8 Å². The SMILES string of the molecule is COc1ccc(CNC(=O)CCc2ccc3c(c2)OCCO3)c(OC)c1OC. The Labute approximate surface area is 164 Å². The highest BCUT2D eigenvalue weighted by Gasteiger charge is 2.16. The van der Waals surface area contributed by atoms with Gasteiger partial charge in [-0.1, -0.05) is 6.07 Å². The molecule has 1 heterocycles. The van der Waals surface area contributed by atoms with E-state index in [9.17, 15) is 4.79 Å². The first-order chi connectivity index (χ1) is 13.7. The van der Waals surface area contributed by atoms with Crippen LogP contribution >= 0.6 is 0 Å². The lowest BCUT2D eigenvalue weighted by Gasteiger charge is -2.18. The highest BCUT2D eigenvalue weighted by atomic mass is 16.6. The zero-order valence-corrected chi connectivity index (χ0v) is 16.4. The average molecular weight is 387 g/mol. The highest BCUT2D eigenvalue weighted by molar-refractivity contribution is 5.76. The monoisotopic (exact) mass is 387 g/mol. The summed E-state index contributed by atoms with van der Waals surface area (Å²) in [5.74, 6) is 3.07. The van der Waals surface area contributed by atoms with E-state index in [0.717, 1.165) is 22.6 Å². The molecule has 7 nitrogen and oxygen atoms in total. The van der Waals surface area contributed by atoms with Crippen molar-refractivity contribution < 1.29 is 28.5 Å². The van der Waals surface area contributed by atoms with Gasteiger partial charge in [0.2, 0.25) is 11.7 Å². The van der Waals surface area contributed by atoms with E-state index >= 15 is 0 Å². The number of aryl methyl sites for hydroxylation is 1. The minimum atomic E-state index is -0.0493. The predicted octanol–water partition coefficient (Wildman–Crippen LogP) is 2.73. The molecule has 0 saturated carbocycles. The molecule has 2 aromatic carbocycles. The summed E-state index contributed by atoms with van der Waals surface area (Å²) >= 11 is 0. The third kappa shape index (κ3) is 4.42. The van der Waals surface area contributed by atoms with Gasteiger partial charge in [-0.3, -0.25) is 4.79 Å². The number of hydrogen-bond donors (Lipinski definition) is 1. The van der Waals surface area contributed by atoms with Crippen LogP contribution in [-0.4, -0.2) is 40.5 Å². The summed E-state index contributed by atoms with van der Waals surface area (Å²) < 4.78 is 27.2. The molecule has 0 aromatic heterocycles. The first-order valence-corrected chi connectivity index (χ1v) is 9.09. The van der Waals surface area contributed by atoms with E-state index in [4.69, 9.17) is 23.7 Å². The first-order valence-electron chi connectivity index (χ1n) is 9.09. The quantitative estimate of drug-likeness (QED) is 0.751. The molecule has 1 amide bonds. The molecular formula is C21H25NO6. The van der Waals surface area contributed by atoms with Crippen molar-refractivity contribution in [3.63, 3.8) is 0 Å². The molecule has 28 heavy (non-hydrogen) atoms. The van der Waals surface area contributed by atoms with Crippen molar-refractivity contribution in [3.05, 3.63) is 41.5 Å². The van der Waals surface area contributed by atoms with Gasteiger partial charge >= 0.3 is 0 Å². The number of hydrogen-bond acceptors (Lipinski definition) is 6. The van der Waals surface area contributed by atoms with Crippen molar-refractivity contribution in [1.29, 1.82) is 0 Å². The van der Waals surface area contributed by atoms with Gasteiger partial charge in [0, 0.05) is 18.5 Å². The summed E-state index contributed by atoms with van der Waals surface area (Å²) in [6.07, 6.45) is 0.987. The molecule has 1 aliphatic rings. The fourth-order valence-electron chi connectivity index (χ4n) is 3.09. The second kappa shape index (κ2) is 9.21. The number of ether oxygens (including phenoxy) is 5. The zero-order chi connectivity index (χ0) is 19.9. The Morgan fingerprint density at radius 1 is 0.964 bits per heavy atom. The van der Waals surface area contributed by atoms with Gasteiger partial charge in [-0.25, -0.2) is 0 Å². The third-order valence-electron chi connectivity index (χ3n) is 4.51. The number of benzene rings is 2. The molecule has 150 valence electrons. The van der Waals surface area contributed by atoms with E-state index in [1.54, 1.807) is 27.4 Å². The number of amides is 1. The number of carbonyl (C=O) groups excluding carboxylic acids is 1. The lowest BCUT2D eigenvalue weighted by Crippen LogP contribution is -2.23. The number of carbonyl (C=O) groups is 1. The molecule has 0 unspecified atom stereocenters. The van der Waals surface area contributed by atoms with Gasteiger partial charge in [0.25, 0.3) is 0 Å². The molecule has 7 heteroatoms. The summed E-state index contributed by atoms with van der Waals surface area (Å²) in [6, 6.07) is 9.41. The van der Waals surface area contributed by atoms with Crippen LogP contribution in [0, 0.1) is 0 Å². The molecular weight excluding hydrogens is 362 g/mol. The topological polar surface area (TPSA) is 75.3 Å². The Hall–Kier alpha value is -3.09. The van der Waals surface area contributed by atoms with Crippen LogP contribution in [0.1, 0.15) is 17.5 Å². The predicted molar refractivity (Wildman–Crippen MR) is 104 cm³/mol. The van der Waals surface area contributed by atoms with Gasteiger partial charge in [0.05, 0.1) is 21.3 Å². The highest BCUT2D eigenvalue weighted by Crippen LogP contribution is 2.39. The normalized spacial score (nSPS) is 12.2. The largest absolute Gasteiger partial charge is 0.493 e. The van der Waals surface area contributed by atoms with Crippen LogP contribution in [0.15, 0.2) is 30.3 Å². The fraction of sp³-hybridized carbons (Fsp3) is 0.381. The Kier molecular flexibility index (Phi) is 6.47. The first kappa shape index (κ1) is 19.7.